The van der Waals surface area contributed by atoms with E-state index in [-0.39, 0.29) is 12.4 Å². The summed E-state index contributed by atoms with van der Waals surface area (Å²) in [6, 6.07) is 1.71. The second-order valence-corrected chi connectivity index (χ2v) is 6.34. The normalized spacial score (nSPS) is 18.4. The number of nitrogens with zero attached hydrogens (tertiary/aromatic N) is 1. The molecular formula is C16H23NO6. The number of carbonyl (C=O) groups is 2. The summed E-state index contributed by atoms with van der Waals surface area (Å²) in [6.45, 7) is 4.56. The van der Waals surface area contributed by atoms with Crippen molar-refractivity contribution < 1.29 is 29.3 Å². The molecule has 0 fully saturated rings. The zero-order valence-corrected chi connectivity index (χ0v) is 13.8. The van der Waals surface area contributed by atoms with E-state index in [9.17, 15) is 19.8 Å². The lowest BCUT2D eigenvalue weighted by Crippen LogP contribution is -2.63. The van der Waals surface area contributed by atoms with E-state index in [0.717, 1.165) is 0 Å². The number of methoxy groups -OCH3 is 1. The van der Waals surface area contributed by atoms with Gasteiger partial charge in [0.25, 0.3) is 0 Å². The summed E-state index contributed by atoms with van der Waals surface area (Å²) in [5.41, 5.74) is -2.87. The molecule has 0 aromatic carbocycles. The van der Waals surface area contributed by atoms with Crippen molar-refractivity contribution in [2.45, 2.75) is 57.6 Å². The first kappa shape index (κ1) is 17.7. The number of fused-ring (bicyclic) bond motifs is 1. The largest absolute Gasteiger partial charge is 0.458 e. The van der Waals surface area contributed by atoms with Gasteiger partial charge in [-0.1, -0.05) is 0 Å². The van der Waals surface area contributed by atoms with E-state index in [0.29, 0.717) is 24.2 Å². The number of carbonyl (C=O) groups excluding carboxylic acids is 2. The van der Waals surface area contributed by atoms with Gasteiger partial charge in [-0.2, -0.15) is 0 Å². The van der Waals surface area contributed by atoms with Gasteiger partial charge >= 0.3 is 5.97 Å². The number of aryl methyl sites for hydroxylation is 1. The second-order valence-electron chi connectivity index (χ2n) is 6.34. The highest BCUT2D eigenvalue weighted by Crippen LogP contribution is 2.30. The summed E-state index contributed by atoms with van der Waals surface area (Å²) in [5.74, 6) is -0.992. The predicted octanol–water partition coefficient (Wildman–Crippen LogP) is 0.655. The lowest BCUT2D eigenvalue weighted by atomic mass is 9.81. The van der Waals surface area contributed by atoms with Crippen LogP contribution in [0.2, 0.25) is 0 Å². The number of ketones is 1. The van der Waals surface area contributed by atoms with E-state index in [1.165, 1.54) is 27.9 Å². The number of rotatable bonds is 6. The first-order valence-corrected chi connectivity index (χ1v) is 7.49. The zero-order chi connectivity index (χ0) is 17.4. The van der Waals surface area contributed by atoms with Crippen molar-refractivity contribution in [3.63, 3.8) is 0 Å². The summed E-state index contributed by atoms with van der Waals surface area (Å²) in [4.78, 5) is 24.2. The van der Waals surface area contributed by atoms with Gasteiger partial charge in [0.1, 0.15) is 12.2 Å². The van der Waals surface area contributed by atoms with Crippen molar-refractivity contribution in [1.29, 1.82) is 0 Å². The lowest BCUT2D eigenvalue weighted by Gasteiger charge is -2.39. The van der Waals surface area contributed by atoms with Gasteiger partial charge in [0.15, 0.2) is 5.78 Å². The third-order valence-corrected chi connectivity index (χ3v) is 4.44. The fraction of sp³-hybridized carbons (Fsp3) is 0.625. The lowest BCUT2D eigenvalue weighted by molar-refractivity contribution is -0.218. The van der Waals surface area contributed by atoms with Crippen LogP contribution >= 0.6 is 0 Å². The zero-order valence-electron chi connectivity index (χ0n) is 13.8. The molecule has 2 N–H and O–H groups in total. The minimum Gasteiger partial charge on any atom is -0.458 e. The maximum atomic E-state index is 12.4. The second kappa shape index (κ2) is 6.07. The number of Topliss-reactive ketones (excluding diaryl/α,β-unsaturated/α-hetero) is 1. The Kier molecular flexibility index (Phi) is 4.66. The molecule has 2 atom stereocenters. The molecule has 0 radical (unpaired) electrons. The predicted molar refractivity (Wildman–Crippen MR) is 80.9 cm³/mol. The van der Waals surface area contributed by atoms with Crippen LogP contribution in [-0.4, -0.2) is 50.9 Å². The molecule has 23 heavy (non-hydrogen) atoms. The van der Waals surface area contributed by atoms with Crippen molar-refractivity contribution in [3.8, 4) is 0 Å². The monoisotopic (exact) mass is 325 g/mol. The molecule has 0 spiro atoms. The fourth-order valence-electron chi connectivity index (χ4n) is 2.84. The topological polar surface area (TPSA) is 98.0 Å². The average molecular weight is 325 g/mol. The molecule has 2 heterocycles. The molecule has 128 valence electrons. The van der Waals surface area contributed by atoms with Crippen molar-refractivity contribution in [2.24, 2.45) is 0 Å². The Bertz CT molecular complexity index is 615. The Morgan fingerprint density at radius 1 is 1.43 bits per heavy atom. The molecule has 1 aliphatic rings. The third kappa shape index (κ3) is 2.91. The molecule has 0 aliphatic carbocycles. The Labute approximate surface area is 134 Å². The number of hydrogen-bond acceptors (Lipinski definition) is 6. The number of esters is 1. The minimum atomic E-state index is -2.23. The summed E-state index contributed by atoms with van der Waals surface area (Å²) >= 11 is 0. The van der Waals surface area contributed by atoms with Crippen molar-refractivity contribution in [2.75, 3.05) is 7.11 Å². The van der Waals surface area contributed by atoms with Crippen molar-refractivity contribution >= 4 is 11.8 Å². The van der Waals surface area contributed by atoms with Crippen molar-refractivity contribution in [1.82, 2.24) is 4.57 Å². The molecule has 1 aliphatic heterocycles. The highest BCUT2D eigenvalue weighted by molar-refractivity contribution is 5.97. The molecule has 2 unspecified atom stereocenters. The first-order valence-electron chi connectivity index (χ1n) is 7.49. The van der Waals surface area contributed by atoms with Gasteiger partial charge in [-0.15, -0.1) is 0 Å². The standard InChI is InChI=1S/C16H23NO6/c1-10(22-4)16(21,15(2,3)20)14(19)23-9-11-5-7-17-8-6-12(18)13(11)17/h5,7,10,20-21H,6,8-9H2,1-4H3. The highest BCUT2D eigenvalue weighted by atomic mass is 16.6. The molecule has 1 aromatic rings. The SMILES string of the molecule is COC(C)C(O)(C(=O)OCc1ccn2c1C(=O)CC2)C(C)(C)O. The van der Waals surface area contributed by atoms with Gasteiger partial charge in [0.05, 0.1) is 11.8 Å². The van der Waals surface area contributed by atoms with Crippen LogP contribution in [0, 0.1) is 0 Å². The van der Waals surface area contributed by atoms with E-state index < -0.39 is 23.3 Å². The van der Waals surface area contributed by atoms with E-state index in [2.05, 4.69) is 0 Å². The van der Waals surface area contributed by atoms with Crippen LogP contribution in [0.3, 0.4) is 0 Å². The number of aromatic nitrogens is 1. The minimum absolute atomic E-state index is 0.00376. The summed E-state index contributed by atoms with van der Waals surface area (Å²) < 4.78 is 12.0. The van der Waals surface area contributed by atoms with Gasteiger partial charge in [0.2, 0.25) is 5.60 Å². The van der Waals surface area contributed by atoms with Crippen LogP contribution in [0.15, 0.2) is 12.3 Å². The summed E-state index contributed by atoms with van der Waals surface area (Å²) in [5, 5.41) is 20.8. The molecule has 0 saturated heterocycles. The van der Waals surface area contributed by atoms with E-state index in [1.807, 2.05) is 4.57 Å². The fourth-order valence-corrected chi connectivity index (χ4v) is 2.84. The van der Waals surface area contributed by atoms with Gasteiger partial charge < -0.3 is 24.3 Å². The Hall–Kier alpha value is -1.70. The highest BCUT2D eigenvalue weighted by Gasteiger charge is 2.55. The Morgan fingerprint density at radius 3 is 2.65 bits per heavy atom. The molecule has 0 bridgehead atoms. The number of aliphatic hydroxyl groups is 2. The van der Waals surface area contributed by atoms with Crippen LogP contribution in [-0.2, 0) is 27.4 Å². The molecule has 7 nitrogen and oxygen atoms in total. The van der Waals surface area contributed by atoms with E-state index in [4.69, 9.17) is 9.47 Å². The van der Waals surface area contributed by atoms with E-state index in [1.54, 1.807) is 12.3 Å². The van der Waals surface area contributed by atoms with Gasteiger partial charge in [-0.05, 0) is 26.8 Å². The van der Waals surface area contributed by atoms with Crippen molar-refractivity contribution in [3.05, 3.63) is 23.5 Å². The van der Waals surface area contributed by atoms with Gasteiger partial charge in [-0.3, -0.25) is 4.79 Å². The third-order valence-electron chi connectivity index (χ3n) is 4.44. The smallest absolute Gasteiger partial charge is 0.344 e. The number of hydrogen-bond donors (Lipinski definition) is 2. The summed E-state index contributed by atoms with van der Waals surface area (Å²) in [6.07, 6.45) is 1.23. The maximum Gasteiger partial charge on any atom is 0.344 e. The van der Waals surface area contributed by atoms with Crippen LogP contribution < -0.4 is 0 Å². The molecule has 7 heteroatoms. The van der Waals surface area contributed by atoms with Crippen LogP contribution in [0.5, 0.6) is 0 Å². The molecule has 1 aromatic heterocycles. The molecule has 0 saturated carbocycles. The van der Waals surface area contributed by atoms with Crippen LogP contribution in [0.1, 0.15) is 43.2 Å². The average Bonchev–Trinajstić information content (AvgIpc) is 3.05. The Morgan fingerprint density at radius 2 is 2.09 bits per heavy atom. The van der Waals surface area contributed by atoms with Crippen LogP contribution in [0.25, 0.3) is 0 Å². The summed E-state index contributed by atoms with van der Waals surface area (Å²) in [7, 11) is 1.33. The Balaban J connectivity index is 2.16. The van der Waals surface area contributed by atoms with Crippen LogP contribution in [0.4, 0.5) is 0 Å². The quantitative estimate of drug-likeness (QED) is 0.746. The maximum absolute atomic E-state index is 12.4. The molecule has 2 rings (SSSR count). The molecular weight excluding hydrogens is 302 g/mol. The first-order chi connectivity index (χ1) is 10.6. The van der Waals surface area contributed by atoms with Gasteiger partial charge in [0, 0.05) is 31.8 Å². The van der Waals surface area contributed by atoms with E-state index >= 15 is 0 Å². The molecule has 0 amide bonds. The number of ether oxygens (including phenoxy) is 2. The van der Waals surface area contributed by atoms with Gasteiger partial charge in [-0.25, -0.2) is 4.79 Å².